The molecule has 1 aromatic carbocycles. The molecule has 0 spiro atoms. The lowest BCUT2D eigenvalue weighted by atomic mass is 10.2. The molecule has 2 N–H and O–H groups in total. The van der Waals surface area contributed by atoms with E-state index in [4.69, 9.17) is 4.74 Å². The molecule has 0 aliphatic rings. The number of anilines is 2. The van der Waals surface area contributed by atoms with Crippen LogP contribution in [-0.2, 0) is 17.8 Å². The molecule has 0 amide bonds. The Morgan fingerprint density at radius 3 is 2.70 bits per heavy atom. The van der Waals surface area contributed by atoms with Gasteiger partial charge < -0.3 is 10.1 Å². The van der Waals surface area contributed by atoms with Crippen LogP contribution < -0.4 is 10.9 Å². The molecule has 3 rings (SSSR count). The third-order valence-electron chi connectivity index (χ3n) is 3.21. The van der Waals surface area contributed by atoms with E-state index in [1.54, 1.807) is 18.4 Å². The molecule has 0 saturated carbocycles. The van der Waals surface area contributed by atoms with E-state index in [0.29, 0.717) is 24.7 Å². The summed E-state index contributed by atoms with van der Waals surface area (Å²) in [5.74, 6) is 0.324. The largest absolute Gasteiger partial charge is 0.380 e. The van der Waals surface area contributed by atoms with E-state index in [2.05, 4.69) is 20.5 Å². The number of rotatable bonds is 6. The minimum absolute atomic E-state index is 0.230. The Kier molecular flexibility index (Phi) is 4.80. The summed E-state index contributed by atoms with van der Waals surface area (Å²) in [5, 5.41) is 13.1. The maximum atomic E-state index is 12.1. The van der Waals surface area contributed by atoms with Crippen LogP contribution in [0.3, 0.4) is 0 Å². The van der Waals surface area contributed by atoms with Crippen LogP contribution in [0.15, 0.2) is 46.6 Å². The zero-order chi connectivity index (χ0) is 16.1. The fourth-order valence-electron chi connectivity index (χ4n) is 2.10. The van der Waals surface area contributed by atoms with Crippen molar-refractivity contribution in [2.24, 2.45) is 0 Å². The van der Waals surface area contributed by atoms with Gasteiger partial charge in [-0.2, -0.15) is 0 Å². The minimum Gasteiger partial charge on any atom is -0.380 e. The lowest BCUT2D eigenvalue weighted by molar-refractivity contribution is 0.185. The second-order valence-electron chi connectivity index (χ2n) is 4.96. The van der Waals surface area contributed by atoms with Crippen LogP contribution in [-0.4, -0.2) is 22.3 Å². The Bertz CT molecular complexity index is 813. The van der Waals surface area contributed by atoms with Gasteiger partial charge >= 0.3 is 0 Å². The van der Waals surface area contributed by atoms with Gasteiger partial charge in [-0.25, -0.2) is 0 Å². The molecule has 118 valence electrons. The number of methoxy groups -OCH3 is 1. The number of benzene rings is 1. The number of H-pyrrole nitrogens is 1. The van der Waals surface area contributed by atoms with Crippen LogP contribution in [0.2, 0.25) is 0 Å². The predicted octanol–water partition coefficient (Wildman–Crippen LogP) is 2.71. The van der Waals surface area contributed by atoms with Crippen molar-refractivity contribution in [3.8, 4) is 0 Å². The van der Waals surface area contributed by atoms with Crippen molar-refractivity contribution in [1.82, 2.24) is 15.2 Å². The van der Waals surface area contributed by atoms with E-state index < -0.39 is 0 Å². The molecule has 0 aliphatic carbocycles. The molecule has 6 nitrogen and oxygen atoms in total. The Labute approximate surface area is 137 Å². The SMILES string of the molecule is COCc1ccc(Nc2nnc(Cc3cccs3)c(=O)[nH]2)cc1. The average molecular weight is 328 g/mol. The monoisotopic (exact) mass is 328 g/mol. The van der Waals surface area contributed by atoms with Gasteiger partial charge in [-0.05, 0) is 29.1 Å². The number of hydrogen-bond donors (Lipinski definition) is 2. The number of aromatic amines is 1. The first-order valence-electron chi connectivity index (χ1n) is 7.08. The van der Waals surface area contributed by atoms with Crippen molar-refractivity contribution in [3.63, 3.8) is 0 Å². The fourth-order valence-corrected chi connectivity index (χ4v) is 2.81. The van der Waals surface area contributed by atoms with E-state index >= 15 is 0 Å². The molecule has 0 fully saturated rings. The summed E-state index contributed by atoms with van der Waals surface area (Å²) in [6.45, 7) is 0.564. The Hall–Kier alpha value is -2.51. The van der Waals surface area contributed by atoms with Crippen molar-refractivity contribution in [3.05, 3.63) is 68.3 Å². The van der Waals surface area contributed by atoms with Gasteiger partial charge in [0, 0.05) is 24.1 Å². The molecule has 0 bridgehead atoms. The molecule has 0 aliphatic heterocycles. The lowest BCUT2D eigenvalue weighted by Gasteiger charge is -2.06. The van der Waals surface area contributed by atoms with Gasteiger partial charge in [0.2, 0.25) is 5.95 Å². The zero-order valence-corrected chi connectivity index (χ0v) is 13.4. The van der Waals surface area contributed by atoms with Crippen LogP contribution in [0.1, 0.15) is 16.1 Å². The molecular formula is C16H16N4O2S. The van der Waals surface area contributed by atoms with Gasteiger partial charge in [0.05, 0.1) is 6.61 Å². The molecule has 7 heteroatoms. The van der Waals surface area contributed by atoms with Crippen molar-refractivity contribution in [2.75, 3.05) is 12.4 Å². The van der Waals surface area contributed by atoms with Crippen LogP contribution in [0.5, 0.6) is 0 Å². The highest BCUT2D eigenvalue weighted by atomic mass is 32.1. The first-order chi connectivity index (χ1) is 11.2. The number of aromatic nitrogens is 3. The normalized spacial score (nSPS) is 10.7. The first-order valence-corrected chi connectivity index (χ1v) is 7.96. The summed E-state index contributed by atoms with van der Waals surface area (Å²) in [5.41, 5.74) is 2.07. The standard InChI is InChI=1S/C16H16N4O2S/c1-22-10-11-4-6-12(7-5-11)17-16-18-15(21)14(19-20-16)9-13-3-2-8-23-13/h2-8H,9-10H2,1H3,(H2,17,18,20,21). The molecule has 2 aromatic heterocycles. The van der Waals surface area contributed by atoms with Crippen LogP contribution in [0, 0.1) is 0 Å². The van der Waals surface area contributed by atoms with Crippen molar-refractivity contribution in [1.29, 1.82) is 0 Å². The second-order valence-corrected chi connectivity index (χ2v) is 5.99. The highest BCUT2D eigenvalue weighted by molar-refractivity contribution is 7.09. The Morgan fingerprint density at radius 1 is 1.22 bits per heavy atom. The minimum atomic E-state index is -0.230. The molecule has 0 saturated heterocycles. The van der Waals surface area contributed by atoms with Gasteiger partial charge in [-0.3, -0.25) is 9.78 Å². The van der Waals surface area contributed by atoms with Gasteiger partial charge in [-0.1, -0.05) is 18.2 Å². The summed E-state index contributed by atoms with van der Waals surface area (Å²) < 4.78 is 5.07. The molecule has 0 atom stereocenters. The number of hydrogen-bond acceptors (Lipinski definition) is 6. The van der Waals surface area contributed by atoms with E-state index in [0.717, 1.165) is 16.1 Å². The average Bonchev–Trinajstić information content (AvgIpc) is 3.05. The molecule has 23 heavy (non-hydrogen) atoms. The van der Waals surface area contributed by atoms with Crippen LogP contribution in [0.4, 0.5) is 11.6 Å². The van der Waals surface area contributed by atoms with Crippen molar-refractivity contribution < 1.29 is 4.74 Å². The predicted molar refractivity (Wildman–Crippen MR) is 90.2 cm³/mol. The highest BCUT2D eigenvalue weighted by Crippen LogP contribution is 2.14. The van der Waals surface area contributed by atoms with Gasteiger partial charge in [0.1, 0.15) is 5.69 Å². The maximum Gasteiger partial charge on any atom is 0.274 e. The third-order valence-corrected chi connectivity index (χ3v) is 4.09. The Morgan fingerprint density at radius 2 is 2.04 bits per heavy atom. The number of thiophene rings is 1. The summed E-state index contributed by atoms with van der Waals surface area (Å²) in [7, 11) is 1.66. The quantitative estimate of drug-likeness (QED) is 0.727. The molecule has 0 unspecified atom stereocenters. The summed E-state index contributed by atoms with van der Waals surface area (Å²) in [4.78, 5) is 15.9. The van der Waals surface area contributed by atoms with Gasteiger partial charge in [0.25, 0.3) is 5.56 Å². The maximum absolute atomic E-state index is 12.1. The summed E-state index contributed by atoms with van der Waals surface area (Å²) in [6.07, 6.45) is 0.492. The van der Waals surface area contributed by atoms with E-state index in [9.17, 15) is 4.79 Å². The number of nitrogens with zero attached hydrogens (tertiary/aromatic N) is 2. The van der Waals surface area contributed by atoms with E-state index in [1.165, 1.54) is 0 Å². The summed E-state index contributed by atoms with van der Waals surface area (Å²) >= 11 is 1.59. The lowest BCUT2D eigenvalue weighted by Crippen LogP contribution is -2.18. The first kappa shape index (κ1) is 15.4. The van der Waals surface area contributed by atoms with Crippen LogP contribution in [0.25, 0.3) is 0 Å². The van der Waals surface area contributed by atoms with E-state index in [1.807, 2.05) is 41.8 Å². The fraction of sp³-hybridized carbons (Fsp3) is 0.188. The highest BCUT2D eigenvalue weighted by Gasteiger charge is 2.07. The van der Waals surface area contributed by atoms with Gasteiger partial charge in [-0.15, -0.1) is 21.5 Å². The Balaban J connectivity index is 1.71. The van der Waals surface area contributed by atoms with Crippen LogP contribution >= 0.6 is 11.3 Å². The molecule has 3 aromatic rings. The second kappa shape index (κ2) is 7.17. The summed E-state index contributed by atoms with van der Waals surface area (Å²) in [6, 6.07) is 11.6. The van der Waals surface area contributed by atoms with Gasteiger partial charge in [0.15, 0.2) is 0 Å². The number of nitrogens with one attached hydrogen (secondary N) is 2. The number of ether oxygens (including phenoxy) is 1. The van der Waals surface area contributed by atoms with Crippen molar-refractivity contribution >= 4 is 23.0 Å². The molecular weight excluding hydrogens is 312 g/mol. The molecule has 0 radical (unpaired) electrons. The van der Waals surface area contributed by atoms with Crippen molar-refractivity contribution in [2.45, 2.75) is 13.0 Å². The topological polar surface area (TPSA) is 79.9 Å². The zero-order valence-electron chi connectivity index (χ0n) is 12.6. The molecule has 2 heterocycles. The smallest absolute Gasteiger partial charge is 0.274 e. The van der Waals surface area contributed by atoms with E-state index in [-0.39, 0.29) is 5.56 Å². The third kappa shape index (κ3) is 4.02.